The van der Waals surface area contributed by atoms with Crippen molar-refractivity contribution < 1.29 is 18.1 Å². The summed E-state index contributed by atoms with van der Waals surface area (Å²) in [5.41, 5.74) is 0.578. The Morgan fingerprint density at radius 2 is 2.00 bits per heavy atom. The Labute approximate surface area is 86.9 Å². The van der Waals surface area contributed by atoms with Gasteiger partial charge in [-0.3, -0.25) is 4.55 Å². The summed E-state index contributed by atoms with van der Waals surface area (Å²) in [7, 11) is -4.22. The van der Waals surface area contributed by atoms with Gasteiger partial charge >= 0.3 is 0 Å². The van der Waals surface area contributed by atoms with Crippen molar-refractivity contribution in [2.75, 3.05) is 6.61 Å². The Kier molecular flexibility index (Phi) is 3.49. The molecule has 0 fully saturated rings. The van der Waals surface area contributed by atoms with Crippen LogP contribution in [0.5, 0.6) is 0 Å². The van der Waals surface area contributed by atoms with Crippen molar-refractivity contribution in [2.45, 2.75) is 11.3 Å². The summed E-state index contributed by atoms with van der Waals surface area (Å²) in [5.74, 6) is 0. The van der Waals surface area contributed by atoms with Gasteiger partial charge in [0, 0.05) is 11.4 Å². The van der Waals surface area contributed by atoms with Gasteiger partial charge in [-0.25, -0.2) is 5.11 Å². The lowest BCUT2D eigenvalue weighted by molar-refractivity contribution is 0.197. The highest BCUT2D eigenvalue weighted by Gasteiger charge is 2.11. The second-order valence-electron chi connectivity index (χ2n) is 2.68. The topological polar surface area (TPSA) is 74.3 Å². The molecule has 0 unspecified atom stereocenters. The van der Waals surface area contributed by atoms with Crippen LogP contribution in [0.1, 0.15) is 5.56 Å². The van der Waals surface area contributed by atoms with Gasteiger partial charge in [-0.15, -0.1) is 0 Å². The van der Waals surface area contributed by atoms with E-state index in [-0.39, 0.29) is 22.9 Å². The Balaban J connectivity index is 3.13. The second-order valence-corrected chi connectivity index (χ2v) is 4.51. The molecular weight excluding hydrogens is 228 g/mol. The molecule has 0 atom stereocenters. The van der Waals surface area contributed by atoms with Crippen LogP contribution in [0.4, 0.5) is 0 Å². The summed E-state index contributed by atoms with van der Waals surface area (Å²) in [6.45, 7) is -0.315. The third kappa shape index (κ3) is 2.68. The number of hydrogen-bond acceptors (Lipinski definition) is 2. The molecule has 1 N–H and O–H groups in total. The van der Waals surface area contributed by atoms with Crippen LogP contribution in [0, 0.1) is 0 Å². The number of hydrogen-bond donors (Lipinski definition) is 1. The maximum absolute atomic E-state index is 10.7. The van der Waals surface area contributed by atoms with Crippen molar-refractivity contribution in [3.63, 3.8) is 0 Å². The minimum absolute atomic E-state index is 0.177. The zero-order valence-electron chi connectivity index (χ0n) is 7.10. The van der Waals surface area contributed by atoms with Gasteiger partial charge in [0.15, 0.2) is 0 Å². The number of halogens is 1. The van der Waals surface area contributed by atoms with E-state index in [0.29, 0.717) is 5.56 Å². The average molecular weight is 236 g/mol. The van der Waals surface area contributed by atoms with Crippen molar-refractivity contribution >= 4 is 21.7 Å². The third-order valence-corrected chi connectivity index (χ3v) is 2.90. The largest absolute Gasteiger partial charge is 0.294 e. The summed E-state index contributed by atoms with van der Waals surface area (Å²) in [4.78, 5) is -0.267. The third-order valence-electron chi connectivity index (χ3n) is 1.69. The van der Waals surface area contributed by atoms with E-state index in [2.05, 4.69) is 0 Å². The van der Waals surface area contributed by atoms with E-state index in [1.54, 1.807) is 0 Å². The van der Waals surface area contributed by atoms with Gasteiger partial charge in [0.05, 0.1) is 11.5 Å². The monoisotopic (exact) mass is 235 g/mol. The molecule has 0 spiro atoms. The first-order chi connectivity index (χ1) is 6.45. The lowest BCUT2D eigenvalue weighted by atomic mass is 10.2. The molecule has 0 saturated carbocycles. The van der Waals surface area contributed by atoms with Gasteiger partial charge in [-0.1, -0.05) is 17.7 Å². The second kappa shape index (κ2) is 4.27. The van der Waals surface area contributed by atoms with E-state index in [1.165, 1.54) is 12.1 Å². The molecule has 0 aliphatic heterocycles. The minimum Gasteiger partial charge on any atom is -0.282 e. The van der Waals surface area contributed by atoms with Crippen LogP contribution in [0.15, 0.2) is 23.1 Å². The Hall–Kier alpha value is -0.620. The van der Waals surface area contributed by atoms with Gasteiger partial charge in [0.25, 0.3) is 10.1 Å². The lowest BCUT2D eigenvalue weighted by Gasteiger charge is -2.03. The summed E-state index contributed by atoms with van der Waals surface area (Å²) in [6.07, 6.45) is 0.241. The molecule has 1 radical (unpaired) electrons. The molecule has 14 heavy (non-hydrogen) atoms. The van der Waals surface area contributed by atoms with E-state index < -0.39 is 10.1 Å². The molecule has 0 heterocycles. The normalized spacial score (nSPS) is 11.6. The highest BCUT2D eigenvalue weighted by atomic mass is 35.5. The molecule has 0 bridgehead atoms. The lowest BCUT2D eigenvalue weighted by Crippen LogP contribution is -1.99. The van der Waals surface area contributed by atoms with E-state index in [9.17, 15) is 13.5 Å². The Morgan fingerprint density at radius 3 is 2.43 bits per heavy atom. The minimum atomic E-state index is -4.22. The summed E-state index contributed by atoms with van der Waals surface area (Å²) < 4.78 is 30.1. The van der Waals surface area contributed by atoms with E-state index in [0.717, 1.165) is 6.07 Å². The van der Waals surface area contributed by atoms with E-state index in [1.807, 2.05) is 0 Å². The van der Waals surface area contributed by atoms with Gasteiger partial charge in [-0.2, -0.15) is 8.42 Å². The smallest absolute Gasteiger partial charge is 0.282 e. The SMILES string of the molecule is [O]CCc1ccc(S(=O)(=O)O)cc1Cl. The summed E-state index contributed by atoms with van der Waals surface area (Å²) >= 11 is 5.70. The molecule has 1 rings (SSSR count). The Morgan fingerprint density at radius 1 is 1.36 bits per heavy atom. The molecule has 0 aliphatic rings. The first-order valence-electron chi connectivity index (χ1n) is 3.79. The van der Waals surface area contributed by atoms with Gasteiger partial charge < -0.3 is 0 Å². The van der Waals surface area contributed by atoms with Crippen LogP contribution in [0.3, 0.4) is 0 Å². The molecule has 1 aromatic carbocycles. The molecular formula is C8H8ClO4S. The molecule has 0 saturated heterocycles. The standard InChI is InChI=1S/C8H8ClO4S/c9-8-5-7(14(11,12)13)2-1-6(8)3-4-10/h1-2,5H,3-4H2,(H,11,12,13). The van der Waals surface area contributed by atoms with Gasteiger partial charge in [0.1, 0.15) is 0 Å². The molecule has 0 aromatic heterocycles. The van der Waals surface area contributed by atoms with Crippen molar-refractivity contribution in [1.29, 1.82) is 0 Å². The van der Waals surface area contributed by atoms with Crippen LogP contribution < -0.4 is 0 Å². The van der Waals surface area contributed by atoms with E-state index in [4.69, 9.17) is 16.2 Å². The van der Waals surface area contributed by atoms with E-state index >= 15 is 0 Å². The van der Waals surface area contributed by atoms with Gasteiger partial charge in [0.2, 0.25) is 0 Å². The fourth-order valence-corrected chi connectivity index (χ4v) is 1.85. The quantitative estimate of drug-likeness (QED) is 0.808. The molecule has 0 amide bonds. The van der Waals surface area contributed by atoms with Gasteiger partial charge in [-0.05, 0) is 17.7 Å². The Bertz CT molecular complexity index is 427. The van der Waals surface area contributed by atoms with Crippen LogP contribution in [0.2, 0.25) is 5.02 Å². The zero-order valence-corrected chi connectivity index (χ0v) is 8.68. The number of benzene rings is 1. The molecule has 77 valence electrons. The zero-order chi connectivity index (χ0) is 10.8. The number of rotatable bonds is 3. The van der Waals surface area contributed by atoms with Crippen LogP contribution >= 0.6 is 11.6 Å². The molecule has 1 aromatic rings. The van der Waals surface area contributed by atoms with Crippen molar-refractivity contribution in [1.82, 2.24) is 0 Å². The van der Waals surface area contributed by atoms with Crippen molar-refractivity contribution in [3.8, 4) is 0 Å². The molecule has 6 heteroatoms. The highest BCUT2D eigenvalue weighted by Crippen LogP contribution is 2.20. The first-order valence-corrected chi connectivity index (χ1v) is 5.61. The molecule has 4 nitrogen and oxygen atoms in total. The van der Waals surface area contributed by atoms with Crippen molar-refractivity contribution in [2.24, 2.45) is 0 Å². The average Bonchev–Trinajstić information content (AvgIpc) is 2.07. The maximum Gasteiger partial charge on any atom is 0.294 e. The predicted molar refractivity (Wildman–Crippen MR) is 50.5 cm³/mol. The van der Waals surface area contributed by atoms with Crippen LogP contribution in [0.25, 0.3) is 0 Å². The molecule has 0 aliphatic carbocycles. The predicted octanol–water partition coefficient (Wildman–Crippen LogP) is 1.56. The summed E-state index contributed by atoms with van der Waals surface area (Å²) in [6, 6.07) is 3.76. The maximum atomic E-state index is 10.7. The summed E-state index contributed by atoms with van der Waals surface area (Å²) in [5, 5.41) is 10.5. The fourth-order valence-electron chi connectivity index (χ4n) is 1.00. The van der Waals surface area contributed by atoms with Crippen molar-refractivity contribution in [3.05, 3.63) is 28.8 Å². The fraction of sp³-hybridized carbons (Fsp3) is 0.250. The van der Waals surface area contributed by atoms with Crippen LogP contribution in [-0.4, -0.2) is 19.6 Å². The first kappa shape index (κ1) is 11.5. The highest BCUT2D eigenvalue weighted by molar-refractivity contribution is 7.85. The van der Waals surface area contributed by atoms with Crippen LogP contribution in [-0.2, 0) is 21.6 Å².